The summed E-state index contributed by atoms with van der Waals surface area (Å²) >= 11 is 3.61. The number of fused-ring (bicyclic) bond motifs is 5. The maximum Gasteiger partial charge on any atom is 0.151 e. The number of hydrogen-bond acceptors (Lipinski definition) is 3. The van der Waals surface area contributed by atoms with Crippen LogP contribution in [-0.2, 0) is 11.8 Å². The molecule has 32 heavy (non-hydrogen) atoms. The van der Waals surface area contributed by atoms with E-state index in [4.69, 9.17) is 9.72 Å². The van der Waals surface area contributed by atoms with Crippen LogP contribution < -0.4 is 0 Å². The molecule has 0 bridgehead atoms. The highest BCUT2D eigenvalue weighted by Gasteiger charge is 2.31. The van der Waals surface area contributed by atoms with Crippen molar-refractivity contribution in [2.24, 2.45) is 13.0 Å². The van der Waals surface area contributed by atoms with E-state index in [1.807, 2.05) is 12.3 Å². The second kappa shape index (κ2) is 7.67. The van der Waals surface area contributed by atoms with E-state index in [0.29, 0.717) is 11.4 Å². The molecule has 3 aromatic heterocycles. The van der Waals surface area contributed by atoms with Crippen molar-refractivity contribution in [3.8, 4) is 0 Å². The molecular formula is C25H22BrFN4O. The van der Waals surface area contributed by atoms with Gasteiger partial charge in [0.2, 0.25) is 0 Å². The first kappa shape index (κ1) is 19.9. The van der Waals surface area contributed by atoms with Gasteiger partial charge in [0.15, 0.2) is 5.82 Å². The normalized spacial score (nSPS) is 16.3. The first-order valence-corrected chi connectivity index (χ1v) is 11.6. The summed E-state index contributed by atoms with van der Waals surface area (Å²) in [5, 5.41) is 6.09. The zero-order valence-corrected chi connectivity index (χ0v) is 19.2. The highest BCUT2D eigenvalue weighted by Crippen LogP contribution is 2.43. The minimum atomic E-state index is -0.269. The van der Waals surface area contributed by atoms with E-state index in [-0.39, 0.29) is 11.9 Å². The number of benzene rings is 2. The fourth-order valence-corrected chi connectivity index (χ4v) is 5.61. The highest BCUT2D eigenvalue weighted by molar-refractivity contribution is 9.10. The Bertz CT molecular complexity index is 1450. The largest absolute Gasteiger partial charge is 0.381 e. The van der Waals surface area contributed by atoms with Crippen LogP contribution in [0.15, 0.2) is 59.3 Å². The van der Waals surface area contributed by atoms with Gasteiger partial charge in [0.25, 0.3) is 0 Å². The van der Waals surface area contributed by atoms with Crippen molar-refractivity contribution in [3.63, 3.8) is 0 Å². The molecule has 6 rings (SSSR count). The molecule has 5 aromatic rings. The lowest BCUT2D eigenvalue weighted by Gasteiger charge is -2.33. The second-order valence-electron chi connectivity index (χ2n) is 8.48. The fourth-order valence-electron chi connectivity index (χ4n) is 5.29. The maximum atomic E-state index is 15.4. The lowest BCUT2D eigenvalue weighted by Crippen LogP contribution is -2.26. The zero-order chi connectivity index (χ0) is 21.8. The predicted molar refractivity (Wildman–Crippen MR) is 127 cm³/mol. The van der Waals surface area contributed by atoms with Crippen LogP contribution in [0.25, 0.3) is 32.8 Å². The molecule has 5 nitrogen and oxygen atoms in total. The lowest BCUT2D eigenvalue weighted by molar-refractivity contribution is 0.0553. The molecule has 1 atom stereocenters. The van der Waals surface area contributed by atoms with Crippen LogP contribution >= 0.6 is 15.9 Å². The molecule has 162 valence electrons. The second-order valence-corrected chi connectivity index (χ2v) is 9.40. The summed E-state index contributed by atoms with van der Waals surface area (Å²) in [6, 6.07) is 14.3. The summed E-state index contributed by atoms with van der Waals surface area (Å²) in [6.45, 7) is 1.49. The predicted octanol–water partition coefficient (Wildman–Crippen LogP) is 5.99. The summed E-state index contributed by atoms with van der Waals surface area (Å²) in [7, 11) is 1.77. The minimum absolute atomic E-state index is 0.0460. The van der Waals surface area contributed by atoms with E-state index in [2.05, 4.69) is 55.9 Å². The van der Waals surface area contributed by atoms with Gasteiger partial charge in [0.1, 0.15) is 5.52 Å². The third kappa shape index (κ3) is 2.98. The molecule has 1 aliphatic rings. The molecule has 0 saturated carbocycles. The van der Waals surface area contributed by atoms with Crippen LogP contribution in [0.1, 0.15) is 24.4 Å². The van der Waals surface area contributed by atoms with Gasteiger partial charge in [0, 0.05) is 47.8 Å². The van der Waals surface area contributed by atoms with Gasteiger partial charge in [-0.2, -0.15) is 5.10 Å². The van der Waals surface area contributed by atoms with Crippen LogP contribution in [-0.4, -0.2) is 32.5 Å². The summed E-state index contributed by atoms with van der Waals surface area (Å²) in [5.74, 6) is 0.103. The van der Waals surface area contributed by atoms with Crippen LogP contribution in [0.3, 0.4) is 0 Å². The number of halogens is 2. The molecule has 4 heterocycles. The van der Waals surface area contributed by atoms with Crippen molar-refractivity contribution in [1.29, 1.82) is 0 Å². The molecule has 0 radical (unpaired) electrons. The van der Waals surface area contributed by atoms with Crippen LogP contribution in [0.5, 0.6) is 0 Å². The Morgan fingerprint density at radius 1 is 1.09 bits per heavy atom. The van der Waals surface area contributed by atoms with Gasteiger partial charge in [-0.1, -0.05) is 30.3 Å². The van der Waals surface area contributed by atoms with E-state index in [9.17, 15) is 0 Å². The first-order chi connectivity index (χ1) is 15.6. The zero-order valence-electron chi connectivity index (χ0n) is 17.6. The van der Waals surface area contributed by atoms with Gasteiger partial charge in [0.05, 0.1) is 28.8 Å². The molecule has 1 fully saturated rings. The maximum absolute atomic E-state index is 15.4. The average molecular weight is 493 g/mol. The summed E-state index contributed by atoms with van der Waals surface area (Å²) in [4.78, 5) is 4.79. The van der Waals surface area contributed by atoms with Gasteiger partial charge in [-0.3, -0.25) is 9.67 Å². The standard InChI is InChI=1S/C25H22BrFN4O/c1-30-25-18(14-29-30)22-20(12-19(25)27)31(21-11-17(26)13-28-23(21)22)24(15-5-3-2-4-6-15)16-7-9-32-10-8-16/h2-6,11-14,16,24H,7-10H2,1H3/t24-/m1/s1. The number of hydrogen-bond donors (Lipinski definition) is 0. The summed E-state index contributed by atoms with van der Waals surface area (Å²) in [6.07, 6.45) is 5.48. The Morgan fingerprint density at radius 2 is 1.88 bits per heavy atom. The van der Waals surface area contributed by atoms with Gasteiger partial charge < -0.3 is 9.30 Å². The van der Waals surface area contributed by atoms with E-state index in [1.165, 1.54) is 5.56 Å². The Labute approximate surface area is 192 Å². The molecule has 1 aliphatic heterocycles. The van der Waals surface area contributed by atoms with Gasteiger partial charge in [-0.15, -0.1) is 0 Å². The van der Waals surface area contributed by atoms with Crippen molar-refractivity contribution in [1.82, 2.24) is 19.3 Å². The quantitative estimate of drug-likeness (QED) is 0.310. The highest BCUT2D eigenvalue weighted by atomic mass is 79.9. The van der Waals surface area contributed by atoms with E-state index in [1.54, 1.807) is 24.0 Å². The number of ether oxygens (including phenoxy) is 1. The summed E-state index contributed by atoms with van der Waals surface area (Å²) < 4.78 is 25.8. The monoisotopic (exact) mass is 492 g/mol. The van der Waals surface area contributed by atoms with Crippen molar-refractivity contribution >= 4 is 48.8 Å². The molecule has 0 aliphatic carbocycles. The van der Waals surface area contributed by atoms with Crippen LogP contribution in [0.2, 0.25) is 0 Å². The molecular weight excluding hydrogens is 471 g/mol. The van der Waals surface area contributed by atoms with Gasteiger partial charge in [-0.25, -0.2) is 4.39 Å². The third-order valence-electron chi connectivity index (χ3n) is 6.68. The van der Waals surface area contributed by atoms with Crippen molar-refractivity contribution in [3.05, 3.63) is 70.7 Å². The molecule has 7 heteroatoms. The molecule has 2 aromatic carbocycles. The number of nitrogens with zero attached hydrogens (tertiary/aromatic N) is 4. The van der Waals surface area contributed by atoms with Crippen LogP contribution in [0, 0.1) is 11.7 Å². The third-order valence-corrected chi connectivity index (χ3v) is 7.11. The number of aromatic nitrogens is 4. The Morgan fingerprint density at radius 3 is 2.66 bits per heavy atom. The number of pyridine rings is 1. The molecule has 1 saturated heterocycles. The average Bonchev–Trinajstić information content (AvgIpc) is 3.34. The Kier molecular flexibility index (Phi) is 4.77. The van der Waals surface area contributed by atoms with E-state index in [0.717, 1.165) is 57.9 Å². The Balaban J connectivity index is 1.75. The fraction of sp³-hybridized carbons (Fsp3) is 0.280. The SMILES string of the molecule is Cn1ncc2c3c4ncc(Br)cc4n([C@H](c4ccccc4)C4CCOCC4)c3cc(F)c21. The lowest BCUT2D eigenvalue weighted by atomic mass is 9.86. The Hall–Kier alpha value is -2.77. The van der Waals surface area contributed by atoms with Crippen molar-refractivity contribution in [2.75, 3.05) is 13.2 Å². The molecule has 0 unspecified atom stereocenters. The smallest absolute Gasteiger partial charge is 0.151 e. The van der Waals surface area contributed by atoms with E-state index >= 15 is 4.39 Å². The van der Waals surface area contributed by atoms with Gasteiger partial charge in [-0.05, 0) is 46.3 Å². The molecule has 0 spiro atoms. The van der Waals surface area contributed by atoms with E-state index < -0.39 is 0 Å². The molecule has 0 amide bonds. The van der Waals surface area contributed by atoms with Crippen LogP contribution in [0.4, 0.5) is 4.39 Å². The van der Waals surface area contributed by atoms with Crippen molar-refractivity contribution < 1.29 is 9.13 Å². The number of rotatable bonds is 3. The van der Waals surface area contributed by atoms with Crippen molar-refractivity contribution in [2.45, 2.75) is 18.9 Å². The molecule has 0 N–H and O–H groups in total. The topological polar surface area (TPSA) is 44.9 Å². The first-order valence-electron chi connectivity index (χ1n) is 10.9. The number of aryl methyl sites for hydroxylation is 1. The van der Waals surface area contributed by atoms with Gasteiger partial charge >= 0.3 is 0 Å². The summed E-state index contributed by atoms with van der Waals surface area (Å²) in [5.41, 5.74) is 4.43. The minimum Gasteiger partial charge on any atom is -0.381 e.